The summed E-state index contributed by atoms with van der Waals surface area (Å²) in [6, 6.07) is 2.24. The summed E-state index contributed by atoms with van der Waals surface area (Å²) in [6.45, 7) is 1.61. The molecular formula is C14H19N3O2S2. The van der Waals surface area contributed by atoms with Crippen molar-refractivity contribution in [3.63, 3.8) is 0 Å². The third-order valence-corrected chi connectivity index (χ3v) is 4.94. The molecule has 3 N–H and O–H groups in total. The van der Waals surface area contributed by atoms with Crippen LogP contribution < -0.4 is 21.9 Å². The maximum Gasteiger partial charge on any atom is 0.253 e. The van der Waals surface area contributed by atoms with E-state index in [9.17, 15) is 9.59 Å². The molecule has 0 saturated heterocycles. The van der Waals surface area contributed by atoms with Crippen LogP contribution in [0.4, 0.5) is 11.4 Å². The monoisotopic (exact) mass is 325 g/mol. The number of hydrogen-bond acceptors (Lipinski definition) is 7. The van der Waals surface area contributed by atoms with Crippen molar-refractivity contribution < 1.29 is 0 Å². The van der Waals surface area contributed by atoms with E-state index < -0.39 is 10.9 Å². The molecule has 0 atom stereocenters. The second kappa shape index (κ2) is 7.11. The predicted molar refractivity (Wildman–Crippen MR) is 92.1 cm³/mol. The minimum atomic E-state index is -0.572. The van der Waals surface area contributed by atoms with Gasteiger partial charge in [0.25, 0.3) is 10.9 Å². The Morgan fingerprint density at radius 1 is 1.33 bits per heavy atom. The van der Waals surface area contributed by atoms with Crippen LogP contribution in [0, 0.1) is 0 Å². The van der Waals surface area contributed by atoms with Crippen LogP contribution in [0.25, 0.3) is 0 Å². The standard InChI is InChI=1S/C14H19N3O2S2/c1-17(2)6-10-5-9(8-21-10)7-20-4-3-16-12-11(15)13(18)14(12)19/h5,8,16H,3-4,6-7,15H2,1-2H3. The molecule has 0 aliphatic heterocycles. The summed E-state index contributed by atoms with van der Waals surface area (Å²) in [6.07, 6.45) is 0. The van der Waals surface area contributed by atoms with Crippen LogP contribution in [-0.4, -0.2) is 31.3 Å². The van der Waals surface area contributed by atoms with Crippen LogP contribution in [0.3, 0.4) is 0 Å². The average Bonchev–Trinajstić information content (AvgIpc) is 2.88. The Hall–Kier alpha value is -1.31. The van der Waals surface area contributed by atoms with Gasteiger partial charge in [0.1, 0.15) is 11.4 Å². The molecule has 0 saturated carbocycles. The fourth-order valence-electron chi connectivity index (χ4n) is 1.92. The molecule has 0 unspecified atom stereocenters. The summed E-state index contributed by atoms with van der Waals surface area (Å²) in [4.78, 5) is 25.7. The van der Waals surface area contributed by atoms with Crippen molar-refractivity contribution in [3.05, 3.63) is 42.3 Å². The van der Waals surface area contributed by atoms with Crippen LogP contribution >= 0.6 is 23.1 Å². The van der Waals surface area contributed by atoms with Crippen molar-refractivity contribution in [2.45, 2.75) is 12.3 Å². The molecule has 0 aliphatic carbocycles. The number of hydrogen-bond donors (Lipinski definition) is 2. The summed E-state index contributed by atoms with van der Waals surface area (Å²) >= 11 is 3.57. The summed E-state index contributed by atoms with van der Waals surface area (Å²) < 4.78 is 0. The minimum absolute atomic E-state index is 0.0659. The molecular weight excluding hydrogens is 306 g/mol. The zero-order chi connectivity index (χ0) is 15.4. The smallest absolute Gasteiger partial charge is 0.253 e. The fourth-order valence-corrected chi connectivity index (χ4v) is 3.82. The van der Waals surface area contributed by atoms with Gasteiger partial charge in [0.2, 0.25) is 0 Å². The summed E-state index contributed by atoms with van der Waals surface area (Å²) in [7, 11) is 4.12. The number of rotatable bonds is 8. The average molecular weight is 325 g/mol. The molecule has 5 nitrogen and oxygen atoms in total. The quantitative estimate of drug-likeness (QED) is 0.563. The predicted octanol–water partition coefficient (Wildman–Crippen LogP) is 1.33. The number of nitrogens with zero attached hydrogens (tertiary/aromatic N) is 1. The molecule has 1 heterocycles. The van der Waals surface area contributed by atoms with Gasteiger partial charge in [0.05, 0.1) is 0 Å². The molecule has 2 aromatic rings. The Balaban J connectivity index is 1.67. The Morgan fingerprint density at radius 2 is 2.10 bits per heavy atom. The summed E-state index contributed by atoms with van der Waals surface area (Å²) in [5.41, 5.74) is 6.05. The van der Waals surface area contributed by atoms with E-state index in [1.165, 1.54) is 10.4 Å². The highest BCUT2D eigenvalue weighted by Gasteiger charge is 2.16. The number of nitrogens with one attached hydrogen (secondary N) is 1. The van der Waals surface area contributed by atoms with Crippen LogP contribution in [0.1, 0.15) is 10.4 Å². The van der Waals surface area contributed by atoms with E-state index in [1.807, 2.05) is 0 Å². The molecule has 7 heteroatoms. The molecule has 0 bridgehead atoms. The van der Waals surface area contributed by atoms with Crippen LogP contribution in [-0.2, 0) is 12.3 Å². The van der Waals surface area contributed by atoms with E-state index in [4.69, 9.17) is 5.73 Å². The SMILES string of the molecule is CN(C)Cc1cc(CSCCNc2c(N)c(=O)c2=O)cs1. The van der Waals surface area contributed by atoms with Gasteiger partial charge in [-0.3, -0.25) is 9.59 Å². The Morgan fingerprint density at radius 3 is 2.76 bits per heavy atom. The number of nitrogens with two attached hydrogens (primary N) is 1. The van der Waals surface area contributed by atoms with E-state index >= 15 is 0 Å². The molecule has 114 valence electrons. The van der Waals surface area contributed by atoms with E-state index in [0.717, 1.165) is 18.1 Å². The van der Waals surface area contributed by atoms with Crippen molar-refractivity contribution in [1.82, 2.24) is 4.90 Å². The summed E-state index contributed by atoms with van der Waals surface area (Å²) in [5.74, 6) is 1.81. The number of thiophene rings is 1. The van der Waals surface area contributed by atoms with Crippen molar-refractivity contribution >= 4 is 34.5 Å². The van der Waals surface area contributed by atoms with Crippen LogP contribution in [0.15, 0.2) is 21.0 Å². The lowest BCUT2D eigenvalue weighted by molar-refractivity contribution is 0.406. The second-order valence-corrected chi connectivity index (χ2v) is 7.19. The van der Waals surface area contributed by atoms with Gasteiger partial charge in [0.15, 0.2) is 0 Å². The van der Waals surface area contributed by atoms with Gasteiger partial charge in [-0.15, -0.1) is 11.3 Å². The van der Waals surface area contributed by atoms with Crippen molar-refractivity contribution in [2.24, 2.45) is 0 Å². The Labute approximate surface area is 131 Å². The molecule has 0 radical (unpaired) electrons. The van der Waals surface area contributed by atoms with Gasteiger partial charge in [0, 0.05) is 29.5 Å². The second-order valence-electron chi connectivity index (χ2n) is 5.09. The van der Waals surface area contributed by atoms with Crippen molar-refractivity contribution in [1.29, 1.82) is 0 Å². The van der Waals surface area contributed by atoms with Crippen LogP contribution in [0.5, 0.6) is 0 Å². The van der Waals surface area contributed by atoms with E-state index in [0.29, 0.717) is 6.54 Å². The maximum absolute atomic E-state index is 11.2. The maximum atomic E-state index is 11.2. The van der Waals surface area contributed by atoms with Gasteiger partial charge < -0.3 is 16.0 Å². The zero-order valence-corrected chi connectivity index (χ0v) is 13.8. The minimum Gasteiger partial charge on any atom is -0.394 e. The Bertz CT molecular complexity index is 672. The molecule has 1 aromatic heterocycles. The lowest BCUT2D eigenvalue weighted by Crippen LogP contribution is -2.37. The summed E-state index contributed by atoms with van der Waals surface area (Å²) in [5, 5.41) is 5.11. The fraction of sp³-hybridized carbons (Fsp3) is 0.429. The third-order valence-electron chi connectivity index (χ3n) is 2.94. The first kappa shape index (κ1) is 16.1. The molecule has 0 fully saturated rings. The van der Waals surface area contributed by atoms with Gasteiger partial charge in [-0.25, -0.2) is 0 Å². The molecule has 1 aromatic carbocycles. The number of thioether (sulfide) groups is 1. The topological polar surface area (TPSA) is 75.4 Å². The molecule has 0 aliphatic rings. The third kappa shape index (κ3) is 4.09. The molecule has 2 rings (SSSR count). The first-order chi connectivity index (χ1) is 9.99. The first-order valence-electron chi connectivity index (χ1n) is 6.60. The van der Waals surface area contributed by atoms with Crippen molar-refractivity contribution in [3.8, 4) is 0 Å². The van der Waals surface area contributed by atoms with Crippen LogP contribution in [0.2, 0.25) is 0 Å². The highest BCUT2D eigenvalue weighted by molar-refractivity contribution is 7.98. The highest BCUT2D eigenvalue weighted by atomic mass is 32.2. The normalized spacial score (nSPS) is 11.4. The van der Waals surface area contributed by atoms with E-state index in [2.05, 4.69) is 35.8 Å². The van der Waals surface area contributed by atoms with Gasteiger partial charge >= 0.3 is 0 Å². The van der Waals surface area contributed by atoms with Gasteiger partial charge in [-0.2, -0.15) is 11.8 Å². The Kier molecular flexibility index (Phi) is 5.44. The first-order valence-corrected chi connectivity index (χ1v) is 8.64. The zero-order valence-electron chi connectivity index (χ0n) is 12.1. The number of nitrogen functional groups attached to an aromatic ring is 1. The van der Waals surface area contributed by atoms with E-state index in [-0.39, 0.29) is 11.4 Å². The van der Waals surface area contributed by atoms with Crippen molar-refractivity contribution in [2.75, 3.05) is 37.4 Å². The largest absolute Gasteiger partial charge is 0.394 e. The molecule has 0 spiro atoms. The lowest BCUT2D eigenvalue weighted by Gasteiger charge is -2.09. The van der Waals surface area contributed by atoms with E-state index in [1.54, 1.807) is 23.1 Å². The lowest BCUT2D eigenvalue weighted by atomic mass is 10.2. The highest BCUT2D eigenvalue weighted by Crippen LogP contribution is 2.20. The number of anilines is 2. The van der Waals surface area contributed by atoms with Gasteiger partial charge in [-0.05, 0) is 31.1 Å². The molecule has 21 heavy (non-hydrogen) atoms. The van der Waals surface area contributed by atoms with Gasteiger partial charge in [-0.1, -0.05) is 0 Å². The molecule has 0 amide bonds.